The predicted molar refractivity (Wildman–Crippen MR) is 113 cm³/mol. The number of thiophene rings is 1. The van der Waals surface area contributed by atoms with E-state index in [0.717, 1.165) is 51.2 Å². The molecule has 9 heteroatoms. The number of fused-ring (bicyclic) bond motifs is 4. The van der Waals surface area contributed by atoms with E-state index in [2.05, 4.69) is 25.6 Å². The van der Waals surface area contributed by atoms with Crippen LogP contribution in [-0.4, -0.2) is 27.9 Å². The molecule has 0 fully saturated rings. The number of aryl methyl sites for hydroxylation is 1. The molecule has 1 atom stereocenters. The van der Waals surface area contributed by atoms with Gasteiger partial charge in [-0.2, -0.15) is 0 Å². The molecule has 1 amide bonds. The van der Waals surface area contributed by atoms with Crippen LogP contribution in [0, 0.1) is 5.92 Å². The molecule has 28 heavy (non-hydrogen) atoms. The van der Waals surface area contributed by atoms with Gasteiger partial charge in [0, 0.05) is 23.5 Å². The summed E-state index contributed by atoms with van der Waals surface area (Å²) in [5, 5.41) is 7.20. The lowest BCUT2D eigenvalue weighted by molar-refractivity contribution is -0.124. The molecule has 0 saturated heterocycles. The van der Waals surface area contributed by atoms with Crippen LogP contribution in [0.4, 0.5) is 11.5 Å². The Balaban J connectivity index is 1.54. The van der Waals surface area contributed by atoms with Gasteiger partial charge in [0.2, 0.25) is 5.91 Å². The van der Waals surface area contributed by atoms with Crippen molar-refractivity contribution in [3.63, 3.8) is 0 Å². The second kappa shape index (κ2) is 6.68. The number of carbonyl (C=O) groups excluding carboxylic acids is 1. The van der Waals surface area contributed by atoms with Gasteiger partial charge < -0.3 is 15.6 Å². The number of benzene rings is 1. The number of amides is 1. The van der Waals surface area contributed by atoms with Crippen LogP contribution in [0.2, 0.25) is 0 Å². The number of thiazole rings is 1. The van der Waals surface area contributed by atoms with Crippen LogP contribution < -0.4 is 15.5 Å². The highest BCUT2D eigenvalue weighted by Crippen LogP contribution is 2.40. The molecule has 3 aromatic heterocycles. The molecular weight excluding hydrogens is 394 g/mol. The molecule has 1 unspecified atom stereocenters. The van der Waals surface area contributed by atoms with Gasteiger partial charge in [-0.05, 0) is 43.0 Å². The molecular formula is C19H17N5O2S2. The second-order valence-electron chi connectivity index (χ2n) is 6.81. The highest BCUT2D eigenvalue weighted by Gasteiger charge is 2.28. The number of H-pyrrole nitrogens is 1. The third kappa shape index (κ3) is 2.87. The standard InChI is InChI=1S/C19H17N5O2S2/c1-20-17(25)9-2-4-11-13(6-9)27-18-15(11)16(21-8-22-18)23-10-3-5-12-14(7-10)28-19(26)24-12/h3,5,7-9H,2,4,6H2,1H3,(H,20,25)(H,24,26)(H,21,22,23). The summed E-state index contributed by atoms with van der Waals surface area (Å²) in [6.07, 6.45) is 3.98. The lowest BCUT2D eigenvalue weighted by Crippen LogP contribution is -2.31. The Kier molecular flexibility index (Phi) is 4.13. The zero-order chi connectivity index (χ0) is 19.3. The number of carbonyl (C=O) groups is 1. The molecule has 5 rings (SSSR count). The van der Waals surface area contributed by atoms with Gasteiger partial charge >= 0.3 is 4.87 Å². The molecule has 3 heterocycles. The zero-order valence-corrected chi connectivity index (χ0v) is 16.7. The van der Waals surface area contributed by atoms with Crippen LogP contribution in [-0.2, 0) is 17.6 Å². The molecule has 7 nitrogen and oxygen atoms in total. The Bertz CT molecular complexity index is 1270. The quantitative estimate of drug-likeness (QED) is 0.481. The highest BCUT2D eigenvalue weighted by molar-refractivity contribution is 7.19. The van der Waals surface area contributed by atoms with E-state index in [9.17, 15) is 9.59 Å². The fraction of sp³-hybridized carbons (Fsp3) is 0.263. The summed E-state index contributed by atoms with van der Waals surface area (Å²) in [6, 6.07) is 5.77. The highest BCUT2D eigenvalue weighted by atomic mass is 32.1. The molecule has 1 aliphatic rings. The van der Waals surface area contributed by atoms with Gasteiger partial charge in [-0.25, -0.2) is 9.97 Å². The number of nitrogens with zero attached hydrogens (tertiary/aromatic N) is 2. The number of aromatic amines is 1. The minimum atomic E-state index is -0.0610. The largest absolute Gasteiger partial charge is 0.359 e. The van der Waals surface area contributed by atoms with Gasteiger partial charge in [0.15, 0.2) is 0 Å². The fourth-order valence-corrected chi connectivity index (χ4v) is 5.84. The summed E-state index contributed by atoms with van der Waals surface area (Å²) in [5.41, 5.74) is 2.96. The number of rotatable bonds is 3. The third-order valence-corrected chi connectivity index (χ3v) is 7.15. The molecule has 1 aromatic carbocycles. The first-order valence-corrected chi connectivity index (χ1v) is 10.6. The molecule has 0 saturated carbocycles. The molecule has 142 valence electrons. The van der Waals surface area contributed by atoms with Crippen LogP contribution >= 0.6 is 22.7 Å². The Morgan fingerprint density at radius 1 is 1.29 bits per heavy atom. The number of anilines is 2. The number of hydrogen-bond donors (Lipinski definition) is 3. The van der Waals surface area contributed by atoms with Crippen molar-refractivity contribution in [2.45, 2.75) is 19.3 Å². The second-order valence-corrected chi connectivity index (χ2v) is 8.91. The van der Waals surface area contributed by atoms with Crippen molar-refractivity contribution >= 4 is 60.5 Å². The smallest absolute Gasteiger partial charge is 0.305 e. The summed E-state index contributed by atoms with van der Waals surface area (Å²) in [5.74, 6) is 0.892. The topological polar surface area (TPSA) is 99.8 Å². The Hall–Kier alpha value is -2.78. The maximum Gasteiger partial charge on any atom is 0.305 e. The average molecular weight is 412 g/mol. The molecule has 0 aliphatic heterocycles. The van der Waals surface area contributed by atoms with Crippen LogP contribution in [0.3, 0.4) is 0 Å². The van der Waals surface area contributed by atoms with E-state index in [-0.39, 0.29) is 16.7 Å². The summed E-state index contributed by atoms with van der Waals surface area (Å²) in [4.78, 5) is 37.4. The first-order valence-electron chi connectivity index (χ1n) is 8.99. The molecule has 3 N–H and O–H groups in total. The normalized spacial score (nSPS) is 16.2. The first-order chi connectivity index (χ1) is 13.6. The van der Waals surface area contributed by atoms with E-state index in [1.807, 2.05) is 18.2 Å². The maximum atomic E-state index is 12.0. The Labute approximate surface area is 167 Å². The summed E-state index contributed by atoms with van der Waals surface area (Å²) in [6.45, 7) is 0. The molecule has 0 bridgehead atoms. The fourth-order valence-electron chi connectivity index (χ4n) is 3.79. The van der Waals surface area contributed by atoms with Crippen LogP contribution in [0.5, 0.6) is 0 Å². The molecule has 1 aliphatic carbocycles. The van der Waals surface area contributed by atoms with Crippen molar-refractivity contribution in [2.75, 3.05) is 12.4 Å². The average Bonchev–Trinajstić information content (AvgIpc) is 3.26. The van der Waals surface area contributed by atoms with Crippen LogP contribution in [0.25, 0.3) is 20.4 Å². The van der Waals surface area contributed by atoms with Gasteiger partial charge in [0.05, 0.1) is 15.6 Å². The van der Waals surface area contributed by atoms with Crippen molar-refractivity contribution in [3.05, 3.63) is 44.6 Å². The first kappa shape index (κ1) is 17.3. The van der Waals surface area contributed by atoms with Crippen LogP contribution in [0.15, 0.2) is 29.3 Å². The van der Waals surface area contributed by atoms with Crippen molar-refractivity contribution in [1.29, 1.82) is 0 Å². The lowest BCUT2D eigenvalue weighted by Gasteiger charge is -2.20. The van der Waals surface area contributed by atoms with Crippen molar-refractivity contribution in [3.8, 4) is 0 Å². The number of hydrogen-bond acceptors (Lipinski definition) is 7. The number of aromatic nitrogens is 3. The van der Waals surface area contributed by atoms with E-state index >= 15 is 0 Å². The minimum Gasteiger partial charge on any atom is -0.359 e. The summed E-state index contributed by atoms with van der Waals surface area (Å²) < 4.78 is 0.904. The predicted octanol–water partition coefficient (Wildman–Crippen LogP) is 3.19. The summed E-state index contributed by atoms with van der Waals surface area (Å²) in [7, 11) is 1.69. The SMILES string of the molecule is CNC(=O)C1CCc2c(sc3ncnc(Nc4ccc5[nH]c(=O)sc5c4)c23)C1. The van der Waals surface area contributed by atoms with Crippen molar-refractivity contribution in [1.82, 2.24) is 20.3 Å². The maximum absolute atomic E-state index is 12.0. The lowest BCUT2D eigenvalue weighted by atomic mass is 9.87. The third-order valence-electron chi connectivity index (χ3n) is 5.15. The van der Waals surface area contributed by atoms with E-state index in [0.29, 0.717) is 0 Å². The summed E-state index contributed by atoms with van der Waals surface area (Å²) >= 11 is 2.84. The van der Waals surface area contributed by atoms with Crippen molar-refractivity contribution < 1.29 is 4.79 Å². The zero-order valence-electron chi connectivity index (χ0n) is 15.0. The van der Waals surface area contributed by atoms with E-state index < -0.39 is 0 Å². The van der Waals surface area contributed by atoms with Crippen molar-refractivity contribution in [2.24, 2.45) is 5.92 Å². The van der Waals surface area contributed by atoms with Gasteiger partial charge in [-0.1, -0.05) is 11.3 Å². The molecule has 0 spiro atoms. The Morgan fingerprint density at radius 3 is 3.04 bits per heavy atom. The minimum absolute atomic E-state index is 0.0219. The monoisotopic (exact) mass is 411 g/mol. The van der Waals surface area contributed by atoms with Gasteiger partial charge in [-0.15, -0.1) is 11.3 Å². The van der Waals surface area contributed by atoms with E-state index in [1.54, 1.807) is 24.7 Å². The van der Waals surface area contributed by atoms with Gasteiger partial charge in [0.25, 0.3) is 0 Å². The number of nitrogens with one attached hydrogen (secondary N) is 3. The Morgan fingerprint density at radius 2 is 2.18 bits per heavy atom. The van der Waals surface area contributed by atoms with Crippen LogP contribution in [0.1, 0.15) is 16.9 Å². The van der Waals surface area contributed by atoms with Gasteiger partial charge in [-0.3, -0.25) is 9.59 Å². The van der Waals surface area contributed by atoms with E-state index in [4.69, 9.17) is 0 Å². The van der Waals surface area contributed by atoms with Gasteiger partial charge in [0.1, 0.15) is 17.0 Å². The molecule has 0 radical (unpaired) electrons. The van der Waals surface area contributed by atoms with E-state index in [1.165, 1.54) is 21.8 Å². The molecule has 4 aromatic rings.